The van der Waals surface area contributed by atoms with Gasteiger partial charge in [0, 0.05) is 6.42 Å². The maximum absolute atomic E-state index is 12.5. The molecule has 0 radical (unpaired) electrons. The second kappa shape index (κ2) is 64.6. The number of amides is 1. The van der Waals surface area contributed by atoms with Crippen molar-refractivity contribution < 1.29 is 15.0 Å². The number of hydrogen-bond acceptors (Lipinski definition) is 3. The van der Waals surface area contributed by atoms with Crippen LogP contribution in [0.25, 0.3) is 0 Å². The Hall–Kier alpha value is -3.73. The Morgan fingerprint density at radius 2 is 0.587 bits per heavy atom. The molecule has 0 aromatic rings. The van der Waals surface area contributed by atoms with Crippen molar-refractivity contribution in [2.24, 2.45) is 0 Å². The highest BCUT2D eigenvalue weighted by molar-refractivity contribution is 5.76. The van der Waals surface area contributed by atoms with E-state index in [9.17, 15) is 15.0 Å². The number of aliphatic hydroxyl groups is 2. The van der Waals surface area contributed by atoms with E-state index in [0.717, 1.165) is 109 Å². The quantitative estimate of drug-likeness (QED) is 0.0420. The van der Waals surface area contributed by atoms with Crippen molar-refractivity contribution in [3.63, 3.8) is 0 Å². The molecule has 0 fully saturated rings. The number of allylic oxidation sites excluding steroid dienone is 23. The van der Waals surface area contributed by atoms with Crippen LogP contribution >= 0.6 is 0 Å². The van der Waals surface area contributed by atoms with Crippen molar-refractivity contribution in [2.45, 2.75) is 289 Å². The molecule has 2 atom stereocenters. The summed E-state index contributed by atoms with van der Waals surface area (Å²) in [6.07, 6.45) is 102. The highest BCUT2D eigenvalue weighted by Gasteiger charge is 2.18. The van der Waals surface area contributed by atoms with Gasteiger partial charge in [-0.3, -0.25) is 4.79 Å². The van der Waals surface area contributed by atoms with Gasteiger partial charge in [0.2, 0.25) is 5.91 Å². The first-order valence-corrected chi connectivity index (χ1v) is 31.5. The third kappa shape index (κ3) is 61.0. The summed E-state index contributed by atoms with van der Waals surface area (Å²) < 4.78 is 0. The highest BCUT2D eigenvalue weighted by Crippen LogP contribution is 2.16. The minimum absolute atomic E-state index is 0.0788. The molecule has 0 saturated heterocycles. The third-order valence-electron chi connectivity index (χ3n) is 13.6. The van der Waals surface area contributed by atoms with Gasteiger partial charge >= 0.3 is 0 Å². The van der Waals surface area contributed by atoms with Crippen molar-refractivity contribution >= 4 is 5.91 Å². The zero-order valence-corrected chi connectivity index (χ0v) is 49.0. The molecule has 0 aromatic heterocycles. The summed E-state index contributed by atoms with van der Waals surface area (Å²) in [4.78, 5) is 12.5. The first-order chi connectivity index (χ1) is 37.2. The smallest absolute Gasteiger partial charge is 0.220 e. The summed E-state index contributed by atoms with van der Waals surface area (Å²) in [5.74, 6) is -0.0788. The van der Waals surface area contributed by atoms with Gasteiger partial charge in [-0.15, -0.1) is 0 Å². The van der Waals surface area contributed by atoms with E-state index in [1.54, 1.807) is 6.08 Å². The normalized spacial score (nSPS) is 13.8. The van der Waals surface area contributed by atoms with E-state index in [-0.39, 0.29) is 12.5 Å². The van der Waals surface area contributed by atoms with Crippen LogP contribution in [0.4, 0.5) is 0 Å². The lowest BCUT2D eigenvalue weighted by Crippen LogP contribution is -2.45. The Kier molecular flexibility index (Phi) is 61.3. The average molecular weight is 1030 g/mol. The number of carbonyl (C=O) groups is 1. The van der Waals surface area contributed by atoms with Crippen molar-refractivity contribution in [1.29, 1.82) is 0 Å². The minimum Gasteiger partial charge on any atom is -0.394 e. The molecule has 75 heavy (non-hydrogen) atoms. The molecule has 0 aliphatic carbocycles. The monoisotopic (exact) mass is 1030 g/mol. The fourth-order valence-electron chi connectivity index (χ4n) is 8.83. The molecular weight excluding hydrogens is 915 g/mol. The molecule has 0 aromatic carbocycles. The summed E-state index contributed by atoms with van der Waals surface area (Å²) in [6.45, 7) is 4.20. The lowest BCUT2D eigenvalue weighted by atomic mass is 10.0. The number of hydrogen-bond donors (Lipinski definition) is 3. The fraction of sp³-hybridized carbons (Fsp3) is 0.648. The molecule has 0 bridgehead atoms. The molecule has 3 N–H and O–H groups in total. The third-order valence-corrected chi connectivity index (χ3v) is 13.6. The topological polar surface area (TPSA) is 69.6 Å². The van der Waals surface area contributed by atoms with Gasteiger partial charge in [-0.05, 0) is 103 Å². The number of aliphatic hydroxyl groups excluding tert-OH is 2. The second-order valence-electron chi connectivity index (χ2n) is 20.7. The molecule has 1 amide bonds. The van der Waals surface area contributed by atoms with E-state index in [1.165, 1.54) is 148 Å². The van der Waals surface area contributed by atoms with Crippen LogP contribution in [0.15, 0.2) is 146 Å². The molecule has 0 spiro atoms. The Balaban J connectivity index is 3.64. The van der Waals surface area contributed by atoms with Crippen LogP contribution in [-0.2, 0) is 4.79 Å². The van der Waals surface area contributed by atoms with Crippen LogP contribution in [-0.4, -0.2) is 34.9 Å². The van der Waals surface area contributed by atoms with Crippen LogP contribution < -0.4 is 5.32 Å². The van der Waals surface area contributed by atoms with Crippen LogP contribution in [0.5, 0.6) is 0 Å². The van der Waals surface area contributed by atoms with Crippen molar-refractivity contribution in [2.75, 3.05) is 6.61 Å². The van der Waals surface area contributed by atoms with Gasteiger partial charge in [0.05, 0.1) is 18.8 Å². The van der Waals surface area contributed by atoms with Crippen molar-refractivity contribution in [3.05, 3.63) is 146 Å². The predicted octanol–water partition coefficient (Wildman–Crippen LogP) is 21.5. The largest absolute Gasteiger partial charge is 0.394 e. The summed E-state index contributed by atoms with van der Waals surface area (Å²) in [7, 11) is 0. The summed E-state index contributed by atoms with van der Waals surface area (Å²) in [5, 5.41) is 23.2. The van der Waals surface area contributed by atoms with Crippen LogP contribution in [0.2, 0.25) is 0 Å². The molecule has 0 aliphatic heterocycles. The molecule has 4 heteroatoms. The lowest BCUT2D eigenvalue weighted by Gasteiger charge is -2.20. The van der Waals surface area contributed by atoms with E-state index in [2.05, 4.69) is 153 Å². The summed E-state index contributed by atoms with van der Waals surface area (Å²) >= 11 is 0. The maximum atomic E-state index is 12.5. The predicted molar refractivity (Wildman–Crippen MR) is 335 cm³/mol. The molecule has 0 saturated carbocycles. The van der Waals surface area contributed by atoms with Gasteiger partial charge in [0.15, 0.2) is 0 Å². The maximum Gasteiger partial charge on any atom is 0.220 e. The van der Waals surface area contributed by atoms with Crippen molar-refractivity contribution in [3.8, 4) is 0 Å². The standard InChI is InChI=1S/C71H119NO3/c1-3-5-7-9-11-13-15-17-19-21-23-25-27-28-29-30-31-32-33-34-35-36-37-38-39-40-41-42-43-44-45-47-49-51-53-55-57-59-61-63-65-67-71(75)72-69(68-73)70(74)66-64-62-60-58-56-54-52-50-48-46-26-24-22-20-18-16-14-12-10-8-6-4-2/h5,7,11,13,17,19,23,25,28-29,31-32,34-35,37-38,40-41,43-44,47,49,64,66,69-70,73-74H,3-4,6,8-10,12,14-16,18,20-22,24,26-27,30,33,36,39,42,45-46,48,50-63,65,67-68H2,1-2H3,(H,72,75)/b7-5-,13-11-,19-17-,25-23-,29-28-,32-31-,35-34-,38-37-,41-40-,44-43-,49-47-,66-64+. The Morgan fingerprint density at radius 3 is 0.880 bits per heavy atom. The SMILES string of the molecule is CC/C=C\C/C=C\C/C=C\C/C=C\C/C=C\C/C=C\C/C=C\C/C=C\C/C=C\C/C=C\C/C=C\CCCCCCCCCC(=O)NC(CO)C(O)/C=C/CCCCCCCCCCCCCCCCCCCCCC. The molecule has 0 heterocycles. The summed E-state index contributed by atoms with van der Waals surface area (Å²) in [5.41, 5.74) is 0. The Bertz CT molecular complexity index is 1550. The first kappa shape index (κ1) is 71.3. The van der Waals surface area contributed by atoms with Gasteiger partial charge in [-0.25, -0.2) is 0 Å². The lowest BCUT2D eigenvalue weighted by molar-refractivity contribution is -0.123. The van der Waals surface area contributed by atoms with Gasteiger partial charge in [0.1, 0.15) is 0 Å². The molecule has 2 unspecified atom stereocenters. The highest BCUT2D eigenvalue weighted by atomic mass is 16.3. The van der Waals surface area contributed by atoms with Gasteiger partial charge in [-0.2, -0.15) is 0 Å². The van der Waals surface area contributed by atoms with Crippen molar-refractivity contribution in [1.82, 2.24) is 5.32 Å². The average Bonchev–Trinajstić information content (AvgIpc) is 3.41. The molecule has 0 rings (SSSR count). The number of rotatable bonds is 56. The van der Waals surface area contributed by atoms with Gasteiger partial charge in [-0.1, -0.05) is 314 Å². The van der Waals surface area contributed by atoms with Crippen LogP contribution in [0.3, 0.4) is 0 Å². The van der Waals surface area contributed by atoms with E-state index in [4.69, 9.17) is 0 Å². The van der Waals surface area contributed by atoms with E-state index < -0.39 is 12.1 Å². The first-order valence-electron chi connectivity index (χ1n) is 31.5. The zero-order chi connectivity index (χ0) is 54.1. The number of nitrogens with one attached hydrogen (secondary N) is 1. The number of carbonyl (C=O) groups excluding carboxylic acids is 1. The van der Waals surface area contributed by atoms with Crippen LogP contribution in [0, 0.1) is 0 Å². The second-order valence-corrected chi connectivity index (χ2v) is 20.7. The Morgan fingerprint density at radius 1 is 0.333 bits per heavy atom. The zero-order valence-electron chi connectivity index (χ0n) is 49.0. The van der Waals surface area contributed by atoms with Gasteiger partial charge < -0.3 is 15.5 Å². The van der Waals surface area contributed by atoms with Crippen LogP contribution in [0.1, 0.15) is 277 Å². The summed E-state index contributed by atoms with van der Waals surface area (Å²) in [6, 6.07) is -0.640. The van der Waals surface area contributed by atoms with E-state index in [1.807, 2.05) is 6.08 Å². The molecular formula is C71H119NO3. The minimum atomic E-state index is -0.855. The van der Waals surface area contributed by atoms with Gasteiger partial charge in [0.25, 0.3) is 0 Å². The molecule has 0 aliphatic rings. The fourth-order valence-corrected chi connectivity index (χ4v) is 8.83. The number of unbranched alkanes of at least 4 members (excludes halogenated alkanes) is 27. The van der Waals surface area contributed by atoms with E-state index >= 15 is 0 Å². The molecule has 426 valence electrons. The van der Waals surface area contributed by atoms with E-state index in [0.29, 0.717) is 6.42 Å². The Labute approximate surface area is 465 Å². The molecule has 4 nitrogen and oxygen atoms in total.